The average Bonchev–Trinajstić information content (AvgIpc) is 3.33. The Kier molecular flexibility index (Phi) is 4.97. The van der Waals surface area contributed by atoms with Crippen molar-refractivity contribution in [1.82, 2.24) is 9.78 Å². The minimum atomic E-state index is -4.03. The van der Waals surface area contributed by atoms with Gasteiger partial charge in [0, 0.05) is 5.56 Å². The lowest BCUT2D eigenvalue weighted by Gasteiger charge is -2.12. The smallest absolute Gasteiger partial charge is 0.282 e. The van der Waals surface area contributed by atoms with E-state index in [1.807, 2.05) is 18.2 Å². The number of hydrogen-bond donors (Lipinski definition) is 2. The molecule has 4 rings (SSSR count). The fourth-order valence-corrected chi connectivity index (χ4v) is 4.49. The van der Waals surface area contributed by atoms with E-state index in [2.05, 4.69) is 5.10 Å². The summed E-state index contributed by atoms with van der Waals surface area (Å²) in [4.78, 5) is -0.218. The summed E-state index contributed by atoms with van der Waals surface area (Å²) in [5.74, 6) is 0. The molecule has 0 radical (unpaired) electrons. The van der Waals surface area contributed by atoms with Crippen LogP contribution in [0, 0.1) is 0 Å². The van der Waals surface area contributed by atoms with Gasteiger partial charge < -0.3 is 5.11 Å². The third-order valence-corrected chi connectivity index (χ3v) is 6.12. The molecule has 1 aliphatic rings. The Hall–Kier alpha value is -2.62. The van der Waals surface area contributed by atoms with Crippen molar-refractivity contribution < 1.29 is 22.3 Å². The Morgan fingerprint density at radius 2 is 1.86 bits per heavy atom. The molecule has 3 N–H and O–H groups in total. The Morgan fingerprint density at radius 3 is 2.55 bits per heavy atom. The van der Waals surface area contributed by atoms with E-state index in [0.29, 0.717) is 11.4 Å². The Balaban J connectivity index is 1.88. The Labute approximate surface area is 166 Å². The highest BCUT2D eigenvalue weighted by Crippen LogP contribution is 2.32. The lowest BCUT2D eigenvalue weighted by molar-refractivity contribution is 0.145. The SMILES string of the molecule is NS(=O)(=O)c1ccc(-n2nc(C(F)F)cc2-c2ccc3c(c2)CCC3)cc1CO. The molecule has 0 spiro atoms. The molecule has 0 amide bonds. The van der Waals surface area contributed by atoms with E-state index < -0.39 is 23.1 Å². The van der Waals surface area contributed by atoms with E-state index in [1.54, 1.807) is 0 Å². The van der Waals surface area contributed by atoms with Crippen molar-refractivity contribution in [3.05, 3.63) is 64.8 Å². The van der Waals surface area contributed by atoms with Crippen LogP contribution < -0.4 is 5.14 Å². The molecule has 9 heteroatoms. The first kappa shape index (κ1) is 19.7. The van der Waals surface area contributed by atoms with Crippen molar-refractivity contribution in [2.24, 2.45) is 5.14 Å². The van der Waals surface area contributed by atoms with Crippen LogP contribution in [-0.2, 0) is 29.5 Å². The van der Waals surface area contributed by atoms with Gasteiger partial charge in [0.2, 0.25) is 10.0 Å². The molecule has 0 saturated carbocycles. The maximum Gasteiger partial charge on any atom is 0.282 e. The van der Waals surface area contributed by atoms with Crippen molar-refractivity contribution in [2.75, 3.05) is 0 Å². The number of fused-ring (bicyclic) bond motifs is 1. The first-order valence-electron chi connectivity index (χ1n) is 9.05. The molecule has 1 aliphatic carbocycles. The van der Waals surface area contributed by atoms with Crippen LogP contribution in [0.3, 0.4) is 0 Å². The lowest BCUT2D eigenvalue weighted by Crippen LogP contribution is -2.15. The van der Waals surface area contributed by atoms with Crippen LogP contribution in [0.4, 0.5) is 8.78 Å². The van der Waals surface area contributed by atoms with Crippen molar-refractivity contribution >= 4 is 10.0 Å². The zero-order valence-electron chi connectivity index (χ0n) is 15.3. The number of nitrogens with two attached hydrogens (primary N) is 1. The topological polar surface area (TPSA) is 98.2 Å². The zero-order chi connectivity index (χ0) is 20.8. The molecule has 0 unspecified atom stereocenters. The van der Waals surface area contributed by atoms with Gasteiger partial charge >= 0.3 is 0 Å². The highest BCUT2D eigenvalue weighted by atomic mass is 32.2. The summed E-state index contributed by atoms with van der Waals surface area (Å²) < 4.78 is 51.5. The molecule has 0 fully saturated rings. The number of alkyl halides is 2. The van der Waals surface area contributed by atoms with Crippen LogP contribution in [-0.4, -0.2) is 23.3 Å². The molecule has 1 heterocycles. The first-order chi connectivity index (χ1) is 13.8. The van der Waals surface area contributed by atoms with Gasteiger partial charge in [0.1, 0.15) is 5.69 Å². The van der Waals surface area contributed by atoms with Crippen molar-refractivity contribution in [3.63, 3.8) is 0 Å². The molecule has 0 saturated heterocycles. The standard InChI is InChI=1S/C20H19F2N3O3S/c21-20(22)17-10-18(14-5-4-12-2-1-3-13(12)8-14)25(24-17)16-6-7-19(29(23,27)28)15(9-16)11-26/h4-10,20,26H,1-3,11H2,(H2,23,27,28). The van der Waals surface area contributed by atoms with E-state index in [4.69, 9.17) is 5.14 Å². The van der Waals surface area contributed by atoms with Gasteiger partial charge in [0.25, 0.3) is 6.43 Å². The number of aliphatic hydroxyl groups excluding tert-OH is 1. The highest BCUT2D eigenvalue weighted by molar-refractivity contribution is 7.89. The zero-order valence-corrected chi connectivity index (χ0v) is 16.2. The molecular formula is C20H19F2N3O3S. The van der Waals surface area contributed by atoms with E-state index >= 15 is 0 Å². The minimum absolute atomic E-state index is 0.0685. The quantitative estimate of drug-likeness (QED) is 0.664. The van der Waals surface area contributed by atoms with Gasteiger partial charge in [0.05, 0.1) is 22.9 Å². The van der Waals surface area contributed by atoms with Crippen LogP contribution in [0.15, 0.2) is 47.4 Å². The summed E-state index contributed by atoms with van der Waals surface area (Å²) in [7, 11) is -4.03. The summed E-state index contributed by atoms with van der Waals surface area (Å²) in [6.07, 6.45) is 0.253. The molecule has 3 aromatic rings. The predicted octanol–water partition coefficient (Wildman–Crippen LogP) is 3.11. The summed E-state index contributed by atoms with van der Waals surface area (Å²) in [6.45, 7) is -0.573. The number of aromatic nitrogens is 2. The molecule has 0 atom stereocenters. The van der Waals surface area contributed by atoms with Gasteiger partial charge in [-0.2, -0.15) is 5.10 Å². The number of aliphatic hydroxyl groups is 1. The maximum absolute atomic E-state index is 13.4. The molecule has 152 valence electrons. The number of hydrogen-bond acceptors (Lipinski definition) is 4. The van der Waals surface area contributed by atoms with Gasteiger partial charge in [-0.15, -0.1) is 0 Å². The minimum Gasteiger partial charge on any atom is -0.392 e. The van der Waals surface area contributed by atoms with Gasteiger partial charge in [-0.05, 0) is 66.3 Å². The van der Waals surface area contributed by atoms with Gasteiger partial charge in [-0.25, -0.2) is 27.0 Å². The number of sulfonamides is 1. The number of aryl methyl sites for hydroxylation is 2. The molecule has 2 aromatic carbocycles. The summed E-state index contributed by atoms with van der Waals surface area (Å²) >= 11 is 0. The fraction of sp³-hybridized carbons (Fsp3) is 0.250. The molecule has 1 aromatic heterocycles. The number of nitrogens with zero attached hydrogens (tertiary/aromatic N) is 2. The van der Waals surface area contributed by atoms with Gasteiger partial charge in [-0.1, -0.05) is 12.1 Å². The summed E-state index contributed by atoms with van der Waals surface area (Å²) in [5.41, 5.74) is 3.68. The maximum atomic E-state index is 13.4. The third-order valence-electron chi connectivity index (χ3n) is 5.11. The van der Waals surface area contributed by atoms with Crippen LogP contribution in [0.25, 0.3) is 16.9 Å². The first-order valence-corrected chi connectivity index (χ1v) is 10.6. The lowest BCUT2D eigenvalue weighted by atomic mass is 10.0. The van der Waals surface area contributed by atoms with Gasteiger partial charge in [-0.3, -0.25) is 0 Å². The largest absolute Gasteiger partial charge is 0.392 e. The van der Waals surface area contributed by atoms with Crippen LogP contribution in [0.2, 0.25) is 0 Å². The number of halogens is 2. The third kappa shape index (κ3) is 3.68. The van der Waals surface area contributed by atoms with Crippen LogP contribution in [0.5, 0.6) is 0 Å². The van der Waals surface area contributed by atoms with E-state index in [9.17, 15) is 22.3 Å². The number of primary sulfonamides is 1. The predicted molar refractivity (Wildman–Crippen MR) is 103 cm³/mol. The molecule has 0 bridgehead atoms. The van der Waals surface area contributed by atoms with Crippen LogP contribution >= 0.6 is 0 Å². The monoisotopic (exact) mass is 419 g/mol. The fourth-order valence-electron chi connectivity index (χ4n) is 3.74. The van der Waals surface area contributed by atoms with Gasteiger partial charge in [0.15, 0.2) is 0 Å². The second-order valence-electron chi connectivity index (χ2n) is 7.00. The number of rotatable bonds is 5. The number of benzene rings is 2. The van der Waals surface area contributed by atoms with E-state index in [0.717, 1.165) is 24.8 Å². The van der Waals surface area contributed by atoms with Crippen molar-refractivity contribution in [1.29, 1.82) is 0 Å². The molecule has 6 nitrogen and oxygen atoms in total. The second kappa shape index (κ2) is 7.33. The highest BCUT2D eigenvalue weighted by Gasteiger charge is 2.21. The van der Waals surface area contributed by atoms with E-state index in [1.165, 1.54) is 40.1 Å². The summed E-state index contributed by atoms with van der Waals surface area (Å²) in [6, 6.07) is 11.2. The van der Waals surface area contributed by atoms with Crippen molar-refractivity contribution in [2.45, 2.75) is 37.2 Å². The average molecular weight is 419 g/mol. The van der Waals surface area contributed by atoms with Crippen molar-refractivity contribution in [3.8, 4) is 16.9 Å². The molecular weight excluding hydrogens is 400 g/mol. The van der Waals surface area contributed by atoms with Crippen LogP contribution in [0.1, 0.15) is 35.2 Å². The molecule has 29 heavy (non-hydrogen) atoms. The van der Waals surface area contributed by atoms with E-state index in [-0.39, 0.29) is 16.2 Å². The Morgan fingerprint density at radius 1 is 1.10 bits per heavy atom. The second-order valence-corrected chi connectivity index (χ2v) is 8.53. The molecule has 0 aliphatic heterocycles. The normalized spacial score (nSPS) is 13.8. The Bertz CT molecular complexity index is 1190. The summed E-state index contributed by atoms with van der Waals surface area (Å²) in [5, 5.41) is 18.8.